The van der Waals surface area contributed by atoms with Crippen LogP contribution in [-0.4, -0.2) is 34.6 Å². The first-order valence-corrected chi connectivity index (χ1v) is 11.2. The smallest absolute Gasteiger partial charge is 0.341 e. The Kier molecular flexibility index (Phi) is 6.97. The number of benzene rings is 3. The number of carboxylic acids is 1. The number of carboxylic acid groups (broad SMARTS) is 1. The average molecular weight is 457 g/mol. The van der Waals surface area contributed by atoms with E-state index >= 15 is 0 Å². The van der Waals surface area contributed by atoms with Gasteiger partial charge in [-0.3, -0.25) is 4.68 Å². The summed E-state index contributed by atoms with van der Waals surface area (Å²) in [6.45, 7) is 4.19. The third-order valence-electron chi connectivity index (χ3n) is 5.65. The molecule has 1 N–H and O–H groups in total. The van der Waals surface area contributed by atoms with Crippen LogP contribution in [-0.2, 0) is 17.8 Å². The van der Waals surface area contributed by atoms with Crippen LogP contribution in [0, 0.1) is 13.8 Å². The summed E-state index contributed by atoms with van der Waals surface area (Å²) < 4.78 is 13.3. The van der Waals surface area contributed by atoms with E-state index in [1.165, 1.54) is 5.56 Å². The highest BCUT2D eigenvalue weighted by molar-refractivity contribution is 5.77. The topological polar surface area (TPSA) is 73.6 Å². The van der Waals surface area contributed by atoms with E-state index in [4.69, 9.17) is 19.7 Å². The van der Waals surface area contributed by atoms with Gasteiger partial charge in [0.25, 0.3) is 0 Å². The first-order chi connectivity index (χ1) is 16.5. The van der Waals surface area contributed by atoms with Crippen molar-refractivity contribution in [2.24, 2.45) is 0 Å². The number of para-hydroxylation sites is 1. The van der Waals surface area contributed by atoms with Crippen molar-refractivity contribution >= 4 is 5.97 Å². The second-order valence-corrected chi connectivity index (χ2v) is 8.21. The zero-order chi connectivity index (χ0) is 24.1. The predicted octanol–water partition coefficient (Wildman–Crippen LogP) is 5.55. The quantitative estimate of drug-likeness (QED) is 0.358. The molecule has 0 bridgehead atoms. The Bertz CT molecular complexity index is 1300. The lowest BCUT2D eigenvalue weighted by Crippen LogP contribution is -2.11. The van der Waals surface area contributed by atoms with Crippen LogP contribution >= 0.6 is 0 Å². The Labute approximate surface area is 199 Å². The van der Waals surface area contributed by atoms with Gasteiger partial charge in [-0.1, -0.05) is 48.5 Å². The van der Waals surface area contributed by atoms with Crippen LogP contribution in [0.5, 0.6) is 11.5 Å². The van der Waals surface area contributed by atoms with Crippen molar-refractivity contribution in [1.29, 1.82) is 0 Å². The maximum atomic E-state index is 11.2. The number of aryl methyl sites for hydroxylation is 4. The molecule has 4 rings (SSSR count). The molecule has 0 aliphatic heterocycles. The number of hydrogen-bond acceptors (Lipinski definition) is 4. The van der Waals surface area contributed by atoms with E-state index in [1.807, 2.05) is 79.2 Å². The summed E-state index contributed by atoms with van der Waals surface area (Å²) in [5.41, 5.74) is 6.50. The predicted molar refractivity (Wildman–Crippen MR) is 132 cm³/mol. The molecule has 0 saturated heterocycles. The zero-order valence-corrected chi connectivity index (χ0v) is 19.6. The lowest BCUT2D eigenvalue weighted by atomic mass is 10.0. The molecule has 0 aliphatic rings. The summed E-state index contributed by atoms with van der Waals surface area (Å²) in [6.07, 6.45) is 0.819. The van der Waals surface area contributed by atoms with Crippen LogP contribution in [0.15, 0.2) is 72.8 Å². The van der Waals surface area contributed by atoms with Crippen LogP contribution < -0.4 is 9.47 Å². The molecule has 0 spiro atoms. The summed E-state index contributed by atoms with van der Waals surface area (Å²) >= 11 is 0. The zero-order valence-electron chi connectivity index (χ0n) is 19.6. The van der Waals surface area contributed by atoms with Gasteiger partial charge in [0.1, 0.15) is 11.5 Å². The summed E-state index contributed by atoms with van der Waals surface area (Å²) in [4.78, 5) is 11.2. The van der Waals surface area contributed by atoms with Gasteiger partial charge < -0.3 is 14.6 Å². The highest BCUT2D eigenvalue weighted by Gasteiger charge is 2.19. The number of aliphatic carboxylic acids is 1. The van der Waals surface area contributed by atoms with E-state index in [9.17, 15) is 4.79 Å². The molecular formula is C28H28N2O4. The van der Waals surface area contributed by atoms with Crippen LogP contribution in [0.2, 0.25) is 0 Å². The van der Waals surface area contributed by atoms with Gasteiger partial charge in [0, 0.05) is 17.7 Å². The fourth-order valence-electron chi connectivity index (χ4n) is 4.14. The maximum absolute atomic E-state index is 11.2. The van der Waals surface area contributed by atoms with Gasteiger partial charge in [-0.15, -0.1) is 0 Å². The number of hydrogen-bond donors (Lipinski definition) is 1. The Balaban J connectivity index is 1.82. The van der Waals surface area contributed by atoms with Crippen molar-refractivity contribution in [3.8, 4) is 34.0 Å². The van der Waals surface area contributed by atoms with Gasteiger partial charge in [0.15, 0.2) is 6.61 Å². The number of ether oxygens (including phenoxy) is 2. The summed E-state index contributed by atoms with van der Waals surface area (Å²) in [7, 11) is 1.66. The monoisotopic (exact) mass is 456 g/mol. The van der Waals surface area contributed by atoms with E-state index in [2.05, 4.69) is 12.1 Å². The summed E-state index contributed by atoms with van der Waals surface area (Å²) in [5, 5.41) is 14.1. The van der Waals surface area contributed by atoms with E-state index in [1.54, 1.807) is 7.11 Å². The largest absolute Gasteiger partial charge is 0.496 e. The fraction of sp³-hybridized carbons (Fsp3) is 0.214. The standard InChI is InChI=1S/C28H28N2O4/c1-19-15-20(2)28(34-18-27(31)32)23(16-19)24-17-25(22-11-7-8-12-26(22)33-3)30(29-24)14-13-21-9-5-4-6-10-21/h4-12,15-17H,13-14,18H2,1-3H3,(H,31,32). The van der Waals surface area contributed by atoms with Crippen molar-refractivity contribution < 1.29 is 19.4 Å². The van der Waals surface area contributed by atoms with E-state index in [-0.39, 0.29) is 0 Å². The molecule has 1 aromatic heterocycles. The molecule has 0 radical (unpaired) electrons. The summed E-state index contributed by atoms with van der Waals surface area (Å²) in [5.74, 6) is 0.277. The van der Waals surface area contributed by atoms with Gasteiger partial charge in [0.05, 0.1) is 18.5 Å². The van der Waals surface area contributed by atoms with Gasteiger partial charge in [0.2, 0.25) is 0 Å². The SMILES string of the molecule is COc1ccccc1-c1cc(-c2cc(C)cc(C)c2OCC(=O)O)nn1CCc1ccccc1. The molecule has 34 heavy (non-hydrogen) atoms. The normalized spacial score (nSPS) is 10.8. The minimum absolute atomic E-state index is 0.412. The number of rotatable bonds is 9. The molecule has 0 aliphatic carbocycles. The molecule has 1 heterocycles. The third-order valence-corrected chi connectivity index (χ3v) is 5.65. The number of methoxy groups -OCH3 is 1. The third kappa shape index (κ3) is 5.12. The van der Waals surface area contributed by atoms with Crippen molar-refractivity contribution in [2.75, 3.05) is 13.7 Å². The van der Waals surface area contributed by atoms with Crippen molar-refractivity contribution in [1.82, 2.24) is 9.78 Å². The van der Waals surface area contributed by atoms with E-state index in [0.717, 1.165) is 45.8 Å². The molecule has 6 heteroatoms. The molecule has 4 aromatic rings. The first kappa shape index (κ1) is 23.1. The Hall–Kier alpha value is -4.06. The molecule has 174 valence electrons. The Morgan fingerprint density at radius 2 is 1.71 bits per heavy atom. The van der Waals surface area contributed by atoms with Crippen molar-refractivity contribution in [2.45, 2.75) is 26.8 Å². The average Bonchev–Trinajstić information content (AvgIpc) is 3.26. The number of carbonyl (C=O) groups is 1. The van der Waals surface area contributed by atoms with Gasteiger partial charge >= 0.3 is 5.97 Å². The lowest BCUT2D eigenvalue weighted by molar-refractivity contribution is -0.139. The molecule has 6 nitrogen and oxygen atoms in total. The molecule has 0 saturated carbocycles. The highest BCUT2D eigenvalue weighted by Crippen LogP contribution is 2.37. The number of aromatic nitrogens is 2. The van der Waals surface area contributed by atoms with Crippen molar-refractivity contribution in [3.63, 3.8) is 0 Å². The summed E-state index contributed by atoms with van der Waals surface area (Å²) in [6, 6.07) is 24.1. The van der Waals surface area contributed by atoms with E-state index in [0.29, 0.717) is 12.3 Å². The second-order valence-electron chi connectivity index (χ2n) is 8.21. The molecule has 3 aromatic carbocycles. The minimum atomic E-state index is -1.02. The number of nitrogens with zero attached hydrogens (tertiary/aromatic N) is 2. The minimum Gasteiger partial charge on any atom is -0.496 e. The Morgan fingerprint density at radius 1 is 0.971 bits per heavy atom. The first-order valence-electron chi connectivity index (χ1n) is 11.2. The van der Waals surface area contributed by atoms with Gasteiger partial charge in [-0.2, -0.15) is 5.10 Å². The van der Waals surface area contributed by atoms with Gasteiger partial charge in [-0.05, 0) is 61.2 Å². The lowest BCUT2D eigenvalue weighted by Gasteiger charge is -2.13. The Morgan fingerprint density at radius 3 is 2.44 bits per heavy atom. The fourth-order valence-corrected chi connectivity index (χ4v) is 4.14. The van der Waals surface area contributed by atoms with Crippen molar-refractivity contribution in [3.05, 3.63) is 89.5 Å². The second kappa shape index (κ2) is 10.3. The molecule has 0 unspecified atom stereocenters. The molecular weight excluding hydrogens is 428 g/mol. The highest BCUT2D eigenvalue weighted by atomic mass is 16.5. The van der Waals surface area contributed by atoms with Crippen LogP contribution in [0.1, 0.15) is 16.7 Å². The molecule has 0 atom stereocenters. The van der Waals surface area contributed by atoms with Crippen LogP contribution in [0.25, 0.3) is 22.5 Å². The van der Waals surface area contributed by atoms with E-state index < -0.39 is 12.6 Å². The van der Waals surface area contributed by atoms with Gasteiger partial charge in [-0.25, -0.2) is 4.79 Å². The van der Waals surface area contributed by atoms with Crippen LogP contribution in [0.3, 0.4) is 0 Å². The van der Waals surface area contributed by atoms with Crippen LogP contribution in [0.4, 0.5) is 0 Å². The molecule has 0 amide bonds. The molecule has 0 fully saturated rings. The maximum Gasteiger partial charge on any atom is 0.341 e.